The molecule has 29 heavy (non-hydrogen) atoms. The number of para-hydroxylation sites is 1. The minimum absolute atomic E-state index is 0.0356. The Morgan fingerprint density at radius 2 is 1.83 bits per heavy atom. The lowest BCUT2D eigenvalue weighted by atomic mass is 10.1. The van der Waals surface area contributed by atoms with E-state index in [9.17, 15) is 13.2 Å². The predicted octanol–water partition coefficient (Wildman–Crippen LogP) is 5.23. The van der Waals surface area contributed by atoms with E-state index >= 15 is 0 Å². The third-order valence-electron chi connectivity index (χ3n) is 4.56. The van der Waals surface area contributed by atoms with Gasteiger partial charge in [-0.3, -0.25) is 4.79 Å². The van der Waals surface area contributed by atoms with Gasteiger partial charge in [0.05, 0.1) is 5.69 Å². The fourth-order valence-corrected chi connectivity index (χ4v) is 5.74. The smallest absolute Gasteiger partial charge is 0.205 e. The van der Waals surface area contributed by atoms with Crippen molar-refractivity contribution in [3.05, 3.63) is 69.1 Å². The Hall–Kier alpha value is -2.35. The third kappa shape index (κ3) is 4.32. The van der Waals surface area contributed by atoms with Crippen LogP contribution in [0.2, 0.25) is 5.02 Å². The van der Waals surface area contributed by atoms with Crippen LogP contribution in [0.15, 0.2) is 47.4 Å². The van der Waals surface area contributed by atoms with E-state index in [1.54, 1.807) is 24.3 Å². The van der Waals surface area contributed by atoms with Gasteiger partial charge >= 0.3 is 0 Å². The molecule has 3 N–H and O–H groups in total. The van der Waals surface area contributed by atoms with Crippen LogP contribution in [-0.4, -0.2) is 20.5 Å². The molecule has 0 spiro atoms. The first-order valence-electron chi connectivity index (χ1n) is 8.91. The molecule has 0 saturated carbocycles. The zero-order chi connectivity index (χ0) is 21.3. The number of carbonyl (C=O) groups is 1. The maximum absolute atomic E-state index is 13.0. The monoisotopic (exact) mass is 448 g/mol. The second-order valence-electron chi connectivity index (χ2n) is 6.70. The van der Waals surface area contributed by atoms with Gasteiger partial charge in [0.25, 0.3) is 0 Å². The third-order valence-corrected chi connectivity index (χ3v) is 7.23. The molecule has 0 aliphatic rings. The van der Waals surface area contributed by atoms with E-state index in [-0.39, 0.29) is 21.2 Å². The number of aryl methyl sites for hydroxylation is 2. The van der Waals surface area contributed by atoms with E-state index in [0.29, 0.717) is 15.6 Å². The predicted molar refractivity (Wildman–Crippen MR) is 121 cm³/mol. The van der Waals surface area contributed by atoms with Gasteiger partial charge in [-0.05, 0) is 48.7 Å². The Morgan fingerprint density at radius 3 is 2.41 bits per heavy atom. The number of nitrogen functional groups attached to an aromatic ring is 1. The summed E-state index contributed by atoms with van der Waals surface area (Å²) in [7, 11) is -3.67. The summed E-state index contributed by atoms with van der Waals surface area (Å²) in [6.07, 6.45) is 1.86. The summed E-state index contributed by atoms with van der Waals surface area (Å²) in [6, 6.07) is 12.3. The number of anilines is 3. The van der Waals surface area contributed by atoms with E-state index in [2.05, 4.69) is 5.32 Å². The summed E-state index contributed by atoms with van der Waals surface area (Å²) in [5.41, 5.74) is 9.36. The van der Waals surface area contributed by atoms with Crippen LogP contribution in [-0.2, 0) is 16.3 Å². The van der Waals surface area contributed by atoms with Crippen molar-refractivity contribution in [2.75, 3.05) is 17.3 Å². The molecule has 3 rings (SSSR count). The highest BCUT2D eigenvalue weighted by atomic mass is 35.5. The van der Waals surface area contributed by atoms with Crippen molar-refractivity contribution >= 4 is 54.9 Å². The van der Waals surface area contributed by atoms with Gasteiger partial charge < -0.3 is 11.1 Å². The summed E-state index contributed by atoms with van der Waals surface area (Å²) in [5.74, 6) is -0.345. The summed E-state index contributed by atoms with van der Waals surface area (Å²) in [4.78, 5) is 13.1. The maximum Gasteiger partial charge on any atom is 0.205 e. The number of nitrogens with one attached hydrogen (secondary N) is 1. The Kier molecular flexibility index (Phi) is 6.03. The lowest BCUT2D eigenvalue weighted by Crippen LogP contribution is -2.07. The quantitative estimate of drug-likeness (QED) is 0.504. The molecule has 0 aliphatic carbocycles. The van der Waals surface area contributed by atoms with Crippen LogP contribution in [0.25, 0.3) is 0 Å². The zero-order valence-electron chi connectivity index (χ0n) is 16.2. The molecule has 152 valence electrons. The van der Waals surface area contributed by atoms with Gasteiger partial charge in [-0.15, -0.1) is 11.3 Å². The minimum Gasteiger partial charge on any atom is -0.396 e. The summed E-state index contributed by atoms with van der Waals surface area (Å²) >= 11 is 6.94. The average molecular weight is 449 g/mol. The zero-order valence-corrected chi connectivity index (χ0v) is 18.6. The van der Waals surface area contributed by atoms with Crippen molar-refractivity contribution in [3.8, 4) is 0 Å². The lowest BCUT2D eigenvalue weighted by molar-refractivity contribution is 0.104. The van der Waals surface area contributed by atoms with Crippen molar-refractivity contribution in [1.82, 2.24) is 0 Å². The van der Waals surface area contributed by atoms with Crippen LogP contribution < -0.4 is 11.1 Å². The van der Waals surface area contributed by atoms with Gasteiger partial charge in [0.2, 0.25) is 5.78 Å². The number of hydrogen-bond donors (Lipinski definition) is 2. The first-order chi connectivity index (χ1) is 13.6. The normalized spacial score (nSPS) is 11.4. The molecule has 5 nitrogen and oxygen atoms in total. The average Bonchev–Trinajstić information content (AvgIpc) is 2.99. The summed E-state index contributed by atoms with van der Waals surface area (Å²) < 4.78 is 25.0. The molecule has 0 unspecified atom stereocenters. The topological polar surface area (TPSA) is 89.3 Å². The fourth-order valence-electron chi connectivity index (χ4n) is 3.10. The number of rotatable bonds is 6. The minimum atomic E-state index is -3.67. The Balaban J connectivity index is 2.15. The molecular formula is C21H21ClN2O3S2. The molecule has 0 fully saturated rings. The molecule has 0 atom stereocenters. The number of nitrogens with two attached hydrogens (primary N) is 1. The number of ketones is 1. The Labute approximate surface area is 179 Å². The SMILES string of the molecule is CCc1cccc(C)c1Nc1sc(C(=O)c2ccc(Cl)cc2)c(N)c1S(C)(=O)=O. The molecule has 0 aliphatic heterocycles. The van der Waals surface area contributed by atoms with E-state index < -0.39 is 9.84 Å². The Morgan fingerprint density at radius 1 is 1.17 bits per heavy atom. The van der Waals surface area contributed by atoms with Gasteiger partial charge in [0, 0.05) is 22.5 Å². The summed E-state index contributed by atoms with van der Waals surface area (Å²) in [6.45, 7) is 3.97. The molecule has 0 amide bonds. The number of sulfone groups is 1. The molecule has 8 heteroatoms. The fraction of sp³-hybridized carbons (Fsp3) is 0.190. The number of carbonyl (C=O) groups excluding carboxylic acids is 1. The highest BCUT2D eigenvalue weighted by Gasteiger charge is 2.28. The standard InChI is InChI=1S/C21H21ClN2O3S2/c1-4-13-7-5-6-12(2)17(13)24-21-20(29(3,26)27)16(23)19(28-21)18(25)14-8-10-15(22)11-9-14/h5-11,24H,4,23H2,1-3H3. The summed E-state index contributed by atoms with van der Waals surface area (Å²) in [5, 5.41) is 4.07. The number of thiophene rings is 1. The molecule has 0 saturated heterocycles. The molecule has 1 aromatic heterocycles. The van der Waals surface area contributed by atoms with Crippen LogP contribution in [0.3, 0.4) is 0 Å². The van der Waals surface area contributed by atoms with E-state index in [1.165, 1.54) is 0 Å². The highest BCUT2D eigenvalue weighted by molar-refractivity contribution is 7.91. The van der Waals surface area contributed by atoms with Crippen molar-refractivity contribution in [1.29, 1.82) is 0 Å². The van der Waals surface area contributed by atoms with Crippen molar-refractivity contribution in [2.24, 2.45) is 0 Å². The van der Waals surface area contributed by atoms with Gasteiger partial charge in [-0.1, -0.05) is 36.7 Å². The molecule has 0 bridgehead atoms. The van der Waals surface area contributed by atoms with Gasteiger partial charge in [-0.25, -0.2) is 8.42 Å². The van der Waals surface area contributed by atoms with E-state index in [1.807, 2.05) is 32.0 Å². The first kappa shape index (κ1) is 21.4. The molecule has 1 heterocycles. The van der Waals surface area contributed by atoms with Gasteiger partial charge in [-0.2, -0.15) is 0 Å². The van der Waals surface area contributed by atoms with Crippen LogP contribution in [0.1, 0.15) is 33.3 Å². The second kappa shape index (κ2) is 8.18. The Bertz CT molecular complexity index is 1180. The van der Waals surface area contributed by atoms with E-state index in [0.717, 1.165) is 40.8 Å². The molecular weight excluding hydrogens is 428 g/mol. The van der Waals surface area contributed by atoms with E-state index in [4.69, 9.17) is 17.3 Å². The van der Waals surface area contributed by atoms with Crippen LogP contribution in [0.5, 0.6) is 0 Å². The van der Waals surface area contributed by atoms with Crippen molar-refractivity contribution in [3.63, 3.8) is 0 Å². The molecule has 3 aromatic rings. The lowest BCUT2D eigenvalue weighted by Gasteiger charge is -2.14. The number of halogens is 1. The molecule has 2 aromatic carbocycles. The number of benzene rings is 2. The largest absolute Gasteiger partial charge is 0.396 e. The first-order valence-corrected chi connectivity index (χ1v) is 12.0. The van der Waals surface area contributed by atoms with Gasteiger partial charge in [0.15, 0.2) is 9.84 Å². The second-order valence-corrected chi connectivity index (χ2v) is 10.1. The van der Waals surface area contributed by atoms with Crippen molar-refractivity contribution < 1.29 is 13.2 Å². The van der Waals surface area contributed by atoms with Crippen molar-refractivity contribution in [2.45, 2.75) is 25.2 Å². The highest BCUT2D eigenvalue weighted by Crippen LogP contribution is 2.42. The van der Waals surface area contributed by atoms with Crippen LogP contribution >= 0.6 is 22.9 Å². The molecule has 0 radical (unpaired) electrons. The van der Waals surface area contributed by atoms with Crippen LogP contribution in [0.4, 0.5) is 16.4 Å². The maximum atomic E-state index is 13.0. The van der Waals surface area contributed by atoms with Gasteiger partial charge in [0.1, 0.15) is 14.8 Å². The number of hydrogen-bond acceptors (Lipinski definition) is 6. The van der Waals surface area contributed by atoms with Crippen LogP contribution in [0, 0.1) is 6.92 Å².